The molecule has 5 rings (SSSR count). The number of rotatable bonds is 16. The summed E-state index contributed by atoms with van der Waals surface area (Å²) in [5.74, 6) is -0.812. The van der Waals surface area contributed by atoms with Crippen molar-refractivity contribution in [2.45, 2.75) is 29.9 Å². The maximum absolute atomic E-state index is 13.7. The number of ether oxygens (including phenoxy) is 3. The Morgan fingerprint density at radius 2 is 1.35 bits per heavy atom. The first kappa shape index (κ1) is 38.9. The van der Waals surface area contributed by atoms with E-state index in [1.807, 2.05) is 37.3 Å². The zero-order chi connectivity index (χ0) is 38.3. The van der Waals surface area contributed by atoms with Crippen LogP contribution in [0.3, 0.4) is 0 Å². The molecule has 10 nitrogen and oxygen atoms in total. The van der Waals surface area contributed by atoms with E-state index in [2.05, 4.69) is 16.0 Å². The van der Waals surface area contributed by atoms with Crippen LogP contribution < -0.4 is 25.4 Å². The Bertz CT molecular complexity index is 2070. The van der Waals surface area contributed by atoms with Crippen molar-refractivity contribution in [2.75, 3.05) is 31.5 Å². The first-order valence-corrected chi connectivity index (χ1v) is 18.2. The molecular formula is C43H41N3O7S. The minimum absolute atomic E-state index is 0.0175. The number of para-hydroxylation sites is 1. The average Bonchev–Trinajstić information content (AvgIpc) is 3.21. The molecule has 0 saturated carbocycles. The summed E-state index contributed by atoms with van der Waals surface area (Å²) in [5.41, 5.74) is 3.10. The van der Waals surface area contributed by atoms with Crippen molar-refractivity contribution >= 4 is 52.9 Å². The zero-order valence-electron chi connectivity index (χ0n) is 30.2. The maximum atomic E-state index is 13.7. The quantitative estimate of drug-likeness (QED) is 0.0397. The molecule has 0 aliphatic heterocycles. The van der Waals surface area contributed by atoms with Gasteiger partial charge in [0.1, 0.15) is 10.9 Å². The van der Waals surface area contributed by atoms with Crippen molar-refractivity contribution in [3.05, 3.63) is 155 Å². The molecule has 0 saturated heterocycles. The minimum atomic E-state index is -0.620. The predicted octanol–water partition coefficient (Wildman–Crippen LogP) is 8.54. The molecular weight excluding hydrogens is 703 g/mol. The summed E-state index contributed by atoms with van der Waals surface area (Å²) in [6.07, 6.45) is 3.25. The van der Waals surface area contributed by atoms with E-state index in [1.54, 1.807) is 97.1 Å². The van der Waals surface area contributed by atoms with Crippen LogP contribution in [-0.4, -0.2) is 44.5 Å². The molecule has 1 unspecified atom stereocenters. The van der Waals surface area contributed by atoms with Crippen LogP contribution >= 0.6 is 11.8 Å². The van der Waals surface area contributed by atoms with E-state index in [0.29, 0.717) is 46.2 Å². The number of hydrogen-bond donors (Lipinski definition) is 3. The second-order valence-electron chi connectivity index (χ2n) is 11.9. The molecule has 5 aromatic rings. The van der Waals surface area contributed by atoms with Crippen LogP contribution in [0.4, 0.5) is 11.4 Å². The summed E-state index contributed by atoms with van der Waals surface area (Å²) in [4.78, 5) is 53.7. The smallest absolute Gasteiger partial charge is 0.338 e. The second-order valence-corrected chi connectivity index (χ2v) is 13.1. The Balaban J connectivity index is 1.32. The molecule has 3 N–H and O–H groups in total. The highest BCUT2D eigenvalue weighted by Crippen LogP contribution is 2.37. The van der Waals surface area contributed by atoms with E-state index < -0.39 is 23.0 Å². The SMILES string of the molecule is CCCCOC(=O)c1ccc(NC(=O)C(Sc2ccc(NC(=O)/C(=C/c3cccc(OC)c3OC)NC(=O)c3ccccc3)cc2)c2ccccc2)cc1. The number of hydrogen-bond acceptors (Lipinski definition) is 8. The number of nitrogens with one attached hydrogen (secondary N) is 3. The van der Waals surface area contributed by atoms with E-state index in [0.717, 1.165) is 23.3 Å². The zero-order valence-corrected chi connectivity index (χ0v) is 31.0. The van der Waals surface area contributed by atoms with Crippen molar-refractivity contribution in [3.8, 4) is 11.5 Å². The maximum Gasteiger partial charge on any atom is 0.338 e. The van der Waals surface area contributed by atoms with E-state index in [1.165, 1.54) is 32.1 Å². The van der Waals surface area contributed by atoms with Gasteiger partial charge in [-0.15, -0.1) is 11.8 Å². The lowest BCUT2D eigenvalue weighted by Gasteiger charge is -2.18. The first-order valence-electron chi connectivity index (χ1n) is 17.3. The van der Waals surface area contributed by atoms with Gasteiger partial charge >= 0.3 is 5.97 Å². The molecule has 1 atom stereocenters. The fraction of sp³-hybridized carbons (Fsp3) is 0.163. The number of thioether (sulfide) groups is 1. The predicted molar refractivity (Wildman–Crippen MR) is 212 cm³/mol. The molecule has 0 spiro atoms. The molecule has 11 heteroatoms. The molecule has 0 fully saturated rings. The number of unbranched alkanes of at least 4 members (excludes halogenated alkanes) is 1. The molecule has 276 valence electrons. The number of amides is 3. The van der Waals surface area contributed by atoms with E-state index >= 15 is 0 Å². The summed E-state index contributed by atoms with van der Waals surface area (Å²) >= 11 is 1.34. The molecule has 5 aromatic carbocycles. The van der Waals surface area contributed by atoms with Gasteiger partial charge in [-0.25, -0.2) is 4.79 Å². The summed E-state index contributed by atoms with van der Waals surface area (Å²) in [7, 11) is 3.01. The third-order valence-electron chi connectivity index (χ3n) is 8.09. The van der Waals surface area contributed by atoms with E-state index in [4.69, 9.17) is 14.2 Å². The number of esters is 1. The fourth-order valence-electron chi connectivity index (χ4n) is 5.27. The lowest BCUT2D eigenvalue weighted by atomic mass is 10.1. The van der Waals surface area contributed by atoms with Gasteiger partial charge < -0.3 is 30.2 Å². The van der Waals surface area contributed by atoms with E-state index in [9.17, 15) is 19.2 Å². The standard InChI is InChI=1S/C43H41N3O7S/c1-4-5-27-53-43(50)31-19-21-33(22-20-31)45-42(49)39(29-13-8-6-9-14-29)54-35-25-23-34(24-26-35)44-41(48)36(46-40(47)30-15-10-7-11-16-30)28-32-17-12-18-37(51-2)38(32)52-3/h6-26,28,39H,4-5,27H2,1-3H3,(H,44,48)(H,45,49)(H,46,47)/b36-28-. The Labute approximate surface area is 318 Å². The van der Waals surface area contributed by atoms with Crippen LogP contribution in [0, 0.1) is 0 Å². The molecule has 0 aromatic heterocycles. The summed E-state index contributed by atoms with van der Waals surface area (Å²) in [6, 6.07) is 36.9. The van der Waals surface area contributed by atoms with Crippen molar-refractivity contribution in [1.82, 2.24) is 5.32 Å². The van der Waals surface area contributed by atoms with Gasteiger partial charge in [-0.2, -0.15) is 0 Å². The molecule has 0 aliphatic carbocycles. The third kappa shape index (κ3) is 10.6. The van der Waals surface area contributed by atoms with Crippen LogP contribution in [0.25, 0.3) is 6.08 Å². The summed E-state index contributed by atoms with van der Waals surface area (Å²) < 4.78 is 16.3. The summed E-state index contributed by atoms with van der Waals surface area (Å²) in [5, 5.41) is 7.95. The van der Waals surface area contributed by atoms with Gasteiger partial charge in [0.25, 0.3) is 11.8 Å². The second kappa shape index (κ2) is 19.5. The van der Waals surface area contributed by atoms with Crippen molar-refractivity contribution in [3.63, 3.8) is 0 Å². The average molecular weight is 744 g/mol. The highest BCUT2D eigenvalue weighted by atomic mass is 32.2. The molecule has 0 heterocycles. The van der Waals surface area contributed by atoms with Crippen LogP contribution in [0.1, 0.15) is 56.9 Å². The Morgan fingerprint density at radius 3 is 2.00 bits per heavy atom. The van der Waals surface area contributed by atoms with Gasteiger partial charge in [0, 0.05) is 27.4 Å². The van der Waals surface area contributed by atoms with Crippen LogP contribution in [0.15, 0.2) is 138 Å². The number of carbonyl (C=O) groups is 4. The van der Waals surface area contributed by atoms with Gasteiger partial charge in [0.15, 0.2) is 11.5 Å². The van der Waals surface area contributed by atoms with Gasteiger partial charge in [-0.3, -0.25) is 14.4 Å². The first-order chi connectivity index (χ1) is 26.3. The van der Waals surface area contributed by atoms with E-state index in [-0.39, 0.29) is 11.6 Å². The number of carbonyl (C=O) groups excluding carboxylic acids is 4. The number of methoxy groups -OCH3 is 2. The Morgan fingerprint density at radius 1 is 0.704 bits per heavy atom. The molecule has 0 aliphatic rings. The van der Waals surface area contributed by atoms with Crippen molar-refractivity contribution in [1.29, 1.82) is 0 Å². The summed E-state index contributed by atoms with van der Waals surface area (Å²) in [6.45, 7) is 2.39. The normalized spacial score (nSPS) is 11.5. The van der Waals surface area contributed by atoms with Gasteiger partial charge in [-0.05, 0) is 84.8 Å². The number of benzene rings is 5. The van der Waals surface area contributed by atoms with Gasteiger partial charge in [0.05, 0.1) is 26.4 Å². The Kier molecular flexibility index (Phi) is 14.0. The molecule has 3 amide bonds. The molecule has 0 radical (unpaired) electrons. The highest BCUT2D eigenvalue weighted by Gasteiger charge is 2.23. The fourth-order valence-corrected chi connectivity index (χ4v) is 6.29. The monoisotopic (exact) mass is 743 g/mol. The van der Waals surface area contributed by atoms with Gasteiger partial charge in [0.2, 0.25) is 5.91 Å². The largest absolute Gasteiger partial charge is 0.493 e. The van der Waals surface area contributed by atoms with Crippen LogP contribution in [0.5, 0.6) is 11.5 Å². The Hall–Kier alpha value is -6.33. The topological polar surface area (TPSA) is 132 Å². The lowest BCUT2D eigenvalue weighted by molar-refractivity contribution is -0.116. The third-order valence-corrected chi connectivity index (χ3v) is 9.35. The van der Waals surface area contributed by atoms with Gasteiger partial charge in [-0.1, -0.05) is 74.0 Å². The van der Waals surface area contributed by atoms with Crippen molar-refractivity contribution < 1.29 is 33.4 Å². The van der Waals surface area contributed by atoms with Crippen molar-refractivity contribution in [2.24, 2.45) is 0 Å². The number of anilines is 2. The highest BCUT2D eigenvalue weighted by molar-refractivity contribution is 8.00. The molecule has 54 heavy (non-hydrogen) atoms. The minimum Gasteiger partial charge on any atom is -0.493 e. The lowest BCUT2D eigenvalue weighted by Crippen LogP contribution is -2.30. The van der Waals surface area contributed by atoms with Crippen LogP contribution in [-0.2, 0) is 14.3 Å². The van der Waals surface area contributed by atoms with Crippen LogP contribution in [0.2, 0.25) is 0 Å². The molecule has 0 bridgehead atoms.